The Bertz CT molecular complexity index is 488. The molecule has 0 saturated heterocycles. The summed E-state index contributed by atoms with van der Waals surface area (Å²) >= 11 is 0. The molecule has 114 valence electrons. The third kappa shape index (κ3) is 5.25. The molecule has 3 nitrogen and oxygen atoms in total. The number of ether oxygens (including phenoxy) is 1. The van der Waals surface area contributed by atoms with Crippen molar-refractivity contribution in [2.45, 2.75) is 45.4 Å². The van der Waals surface area contributed by atoms with E-state index in [9.17, 15) is 4.79 Å². The van der Waals surface area contributed by atoms with Crippen LogP contribution in [0.3, 0.4) is 0 Å². The van der Waals surface area contributed by atoms with Crippen LogP contribution in [0, 0.1) is 0 Å². The Morgan fingerprint density at radius 1 is 1.24 bits per heavy atom. The second-order valence-electron chi connectivity index (χ2n) is 5.90. The van der Waals surface area contributed by atoms with E-state index < -0.39 is 0 Å². The molecule has 0 aliphatic heterocycles. The van der Waals surface area contributed by atoms with Crippen molar-refractivity contribution in [2.75, 3.05) is 13.2 Å². The predicted octanol–water partition coefficient (Wildman–Crippen LogP) is 3.81. The number of amides is 1. The first kappa shape index (κ1) is 15.6. The summed E-state index contributed by atoms with van der Waals surface area (Å²) in [5.74, 6) is 1.19. The molecule has 1 aromatic carbocycles. The molecule has 0 saturated carbocycles. The molecule has 0 spiro atoms. The average molecular weight is 287 g/mol. The topological polar surface area (TPSA) is 38.3 Å². The summed E-state index contributed by atoms with van der Waals surface area (Å²) in [4.78, 5) is 11.8. The van der Waals surface area contributed by atoms with Crippen LogP contribution < -0.4 is 10.1 Å². The first-order valence-electron chi connectivity index (χ1n) is 7.82. The third-order valence-electron chi connectivity index (χ3n) is 3.81. The van der Waals surface area contributed by atoms with Crippen molar-refractivity contribution in [3.05, 3.63) is 41.5 Å². The minimum atomic E-state index is -0.0607. The normalized spacial score (nSPS) is 14.7. The van der Waals surface area contributed by atoms with Gasteiger partial charge in [-0.25, -0.2) is 0 Å². The Hall–Kier alpha value is -1.77. The van der Waals surface area contributed by atoms with Gasteiger partial charge in [-0.1, -0.05) is 37.6 Å². The van der Waals surface area contributed by atoms with Gasteiger partial charge in [0.05, 0.1) is 0 Å². The SMILES string of the molecule is CC(C)c1ccc(OCC(=O)NCC2=CCCCC2)cc1. The lowest BCUT2D eigenvalue weighted by Gasteiger charge is -2.13. The molecule has 1 N–H and O–H groups in total. The summed E-state index contributed by atoms with van der Waals surface area (Å²) in [6.07, 6.45) is 7.00. The molecular weight excluding hydrogens is 262 g/mol. The van der Waals surface area contributed by atoms with Crippen LogP contribution in [-0.4, -0.2) is 19.1 Å². The lowest BCUT2D eigenvalue weighted by molar-refractivity contribution is -0.122. The van der Waals surface area contributed by atoms with Gasteiger partial charge in [0.25, 0.3) is 5.91 Å². The molecule has 21 heavy (non-hydrogen) atoms. The number of hydrogen-bond donors (Lipinski definition) is 1. The smallest absolute Gasteiger partial charge is 0.258 e. The van der Waals surface area contributed by atoms with Crippen LogP contribution in [0.1, 0.15) is 51.0 Å². The molecule has 0 bridgehead atoms. The Balaban J connectivity index is 1.72. The highest BCUT2D eigenvalue weighted by molar-refractivity contribution is 5.77. The molecule has 1 aliphatic rings. The lowest BCUT2D eigenvalue weighted by atomic mass is 10.00. The highest BCUT2D eigenvalue weighted by Crippen LogP contribution is 2.18. The van der Waals surface area contributed by atoms with Gasteiger partial charge < -0.3 is 10.1 Å². The van der Waals surface area contributed by atoms with E-state index in [1.54, 1.807) is 0 Å². The molecule has 0 radical (unpaired) electrons. The zero-order valence-electron chi connectivity index (χ0n) is 13.0. The molecule has 0 aromatic heterocycles. The van der Waals surface area contributed by atoms with Crippen molar-refractivity contribution in [2.24, 2.45) is 0 Å². The summed E-state index contributed by atoms with van der Waals surface area (Å²) in [6.45, 7) is 5.05. The van der Waals surface area contributed by atoms with E-state index in [4.69, 9.17) is 4.74 Å². The summed E-state index contributed by atoms with van der Waals surface area (Å²) < 4.78 is 5.51. The van der Waals surface area contributed by atoms with Gasteiger partial charge in [-0.05, 0) is 49.3 Å². The van der Waals surface area contributed by atoms with Crippen LogP contribution in [0.25, 0.3) is 0 Å². The van der Waals surface area contributed by atoms with E-state index in [0.29, 0.717) is 12.5 Å². The van der Waals surface area contributed by atoms with Crippen LogP contribution in [0.2, 0.25) is 0 Å². The standard InChI is InChI=1S/C18H25NO2/c1-14(2)16-8-10-17(11-9-16)21-13-18(20)19-12-15-6-4-3-5-7-15/h6,8-11,14H,3-5,7,12-13H2,1-2H3,(H,19,20). The van der Waals surface area contributed by atoms with E-state index >= 15 is 0 Å². The molecule has 1 aliphatic carbocycles. The Kier molecular flexibility index (Phi) is 5.85. The molecule has 1 amide bonds. The van der Waals surface area contributed by atoms with E-state index in [2.05, 4.69) is 25.2 Å². The first-order chi connectivity index (χ1) is 10.1. The number of rotatable bonds is 6. The number of nitrogens with one attached hydrogen (secondary N) is 1. The highest BCUT2D eigenvalue weighted by atomic mass is 16.5. The Morgan fingerprint density at radius 2 is 2.00 bits per heavy atom. The second-order valence-corrected chi connectivity index (χ2v) is 5.90. The number of carbonyl (C=O) groups is 1. The first-order valence-corrected chi connectivity index (χ1v) is 7.82. The summed E-state index contributed by atoms with van der Waals surface area (Å²) in [5, 5.41) is 2.92. The average Bonchev–Trinajstić information content (AvgIpc) is 2.52. The predicted molar refractivity (Wildman–Crippen MR) is 85.6 cm³/mol. The zero-order valence-corrected chi connectivity index (χ0v) is 13.0. The fourth-order valence-corrected chi connectivity index (χ4v) is 2.43. The largest absolute Gasteiger partial charge is 0.484 e. The van der Waals surface area contributed by atoms with Crippen LogP contribution in [0.15, 0.2) is 35.9 Å². The van der Waals surface area contributed by atoms with Crippen LogP contribution in [0.4, 0.5) is 0 Å². The summed E-state index contributed by atoms with van der Waals surface area (Å²) in [6, 6.07) is 7.94. The van der Waals surface area contributed by atoms with Crippen molar-refractivity contribution >= 4 is 5.91 Å². The van der Waals surface area contributed by atoms with Crippen molar-refractivity contribution in [3.8, 4) is 5.75 Å². The van der Waals surface area contributed by atoms with Crippen molar-refractivity contribution in [1.29, 1.82) is 0 Å². The van der Waals surface area contributed by atoms with Crippen molar-refractivity contribution in [1.82, 2.24) is 5.32 Å². The number of benzene rings is 1. The molecule has 0 atom stereocenters. The van der Waals surface area contributed by atoms with Gasteiger partial charge in [0.15, 0.2) is 6.61 Å². The molecule has 1 aromatic rings. The molecule has 0 fully saturated rings. The monoisotopic (exact) mass is 287 g/mol. The van der Waals surface area contributed by atoms with Gasteiger partial charge in [0.2, 0.25) is 0 Å². The van der Waals surface area contributed by atoms with Gasteiger partial charge in [-0.15, -0.1) is 0 Å². The van der Waals surface area contributed by atoms with E-state index in [-0.39, 0.29) is 12.5 Å². The van der Waals surface area contributed by atoms with Gasteiger partial charge >= 0.3 is 0 Å². The maximum atomic E-state index is 11.8. The molecule has 0 unspecified atom stereocenters. The molecule has 0 heterocycles. The van der Waals surface area contributed by atoms with Gasteiger partial charge in [0, 0.05) is 6.54 Å². The molecular formula is C18H25NO2. The summed E-state index contributed by atoms with van der Waals surface area (Å²) in [5.41, 5.74) is 2.62. The van der Waals surface area contributed by atoms with Crippen LogP contribution >= 0.6 is 0 Å². The van der Waals surface area contributed by atoms with E-state index in [1.807, 2.05) is 24.3 Å². The van der Waals surface area contributed by atoms with Crippen LogP contribution in [-0.2, 0) is 4.79 Å². The van der Waals surface area contributed by atoms with E-state index in [1.165, 1.54) is 24.0 Å². The van der Waals surface area contributed by atoms with Gasteiger partial charge in [-0.2, -0.15) is 0 Å². The minimum absolute atomic E-state index is 0.0607. The Labute approximate surface area is 127 Å². The third-order valence-corrected chi connectivity index (χ3v) is 3.81. The Morgan fingerprint density at radius 3 is 2.62 bits per heavy atom. The number of allylic oxidation sites excluding steroid dienone is 1. The lowest BCUT2D eigenvalue weighted by Crippen LogP contribution is -2.30. The fraction of sp³-hybridized carbons (Fsp3) is 0.500. The minimum Gasteiger partial charge on any atom is -0.484 e. The maximum Gasteiger partial charge on any atom is 0.258 e. The maximum absolute atomic E-state index is 11.8. The van der Waals surface area contributed by atoms with Crippen LogP contribution in [0.5, 0.6) is 5.75 Å². The van der Waals surface area contributed by atoms with E-state index in [0.717, 1.165) is 18.6 Å². The number of hydrogen-bond acceptors (Lipinski definition) is 2. The van der Waals surface area contributed by atoms with Gasteiger partial charge in [-0.3, -0.25) is 4.79 Å². The number of carbonyl (C=O) groups excluding carboxylic acids is 1. The van der Waals surface area contributed by atoms with Crippen molar-refractivity contribution in [3.63, 3.8) is 0 Å². The quantitative estimate of drug-likeness (QED) is 0.808. The fourth-order valence-electron chi connectivity index (χ4n) is 2.43. The van der Waals surface area contributed by atoms with Crippen molar-refractivity contribution < 1.29 is 9.53 Å². The second kappa shape index (κ2) is 7.87. The zero-order chi connectivity index (χ0) is 15.1. The molecule has 2 rings (SSSR count). The summed E-state index contributed by atoms with van der Waals surface area (Å²) in [7, 11) is 0. The molecule has 3 heteroatoms. The highest BCUT2D eigenvalue weighted by Gasteiger charge is 2.07. The van der Waals surface area contributed by atoms with Gasteiger partial charge in [0.1, 0.15) is 5.75 Å².